The fourth-order valence-corrected chi connectivity index (χ4v) is 4.26. The quantitative estimate of drug-likeness (QED) is 0.526. The maximum Gasteiger partial charge on any atom is 0.337 e. The zero-order chi connectivity index (χ0) is 20.4. The molecule has 142 valence electrons. The molecule has 0 amide bonds. The van der Waals surface area contributed by atoms with Gasteiger partial charge in [0, 0.05) is 11.6 Å². The summed E-state index contributed by atoms with van der Waals surface area (Å²) in [4.78, 5) is 15.6. The number of para-hydroxylation sites is 1. The first-order chi connectivity index (χ1) is 14.0. The molecule has 1 heterocycles. The minimum Gasteiger partial charge on any atom is -0.478 e. The minimum absolute atomic E-state index is 0.0256. The number of carboxylic acid groups (broad SMARTS) is 1. The van der Waals surface area contributed by atoms with Gasteiger partial charge in [0.05, 0.1) is 11.3 Å². The number of nitrogens with zero attached hydrogens (tertiary/aromatic N) is 1. The topological polar surface area (TPSA) is 96.4 Å². The van der Waals surface area contributed by atoms with Crippen molar-refractivity contribution >= 4 is 32.6 Å². The van der Waals surface area contributed by atoms with Gasteiger partial charge in [0.15, 0.2) is 0 Å². The van der Waals surface area contributed by atoms with Gasteiger partial charge in [0.1, 0.15) is 10.4 Å². The summed E-state index contributed by atoms with van der Waals surface area (Å²) in [6, 6.07) is 22.8. The smallest absolute Gasteiger partial charge is 0.337 e. The molecule has 4 rings (SSSR count). The van der Waals surface area contributed by atoms with Crippen LogP contribution in [0.4, 0.5) is 5.69 Å². The first-order valence-corrected chi connectivity index (χ1v) is 10.1. The van der Waals surface area contributed by atoms with Crippen LogP contribution in [0.5, 0.6) is 0 Å². The van der Waals surface area contributed by atoms with Gasteiger partial charge in [-0.2, -0.15) is 4.98 Å². The number of aromatic carboxylic acids is 1. The highest BCUT2D eigenvalue weighted by molar-refractivity contribution is 7.93. The molecule has 0 fully saturated rings. The third kappa shape index (κ3) is 3.61. The van der Waals surface area contributed by atoms with Crippen molar-refractivity contribution in [3.63, 3.8) is 0 Å². The molecule has 7 heteroatoms. The van der Waals surface area contributed by atoms with E-state index < -0.39 is 16.0 Å². The number of fused-ring (bicyclic) bond motifs is 1. The van der Waals surface area contributed by atoms with Crippen molar-refractivity contribution in [3.05, 3.63) is 90.6 Å². The molecule has 29 heavy (non-hydrogen) atoms. The average Bonchev–Trinajstić information content (AvgIpc) is 2.73. The Labute approximate surface area is 167 Å². The molecule has 0 radical (unpaired) electrons. The lowest BCUT2D eigenvalue weighted by molar-refractivity contribution is 0.0698. The zero-order valence-electron chi connectivity index (χ0n) is 15.0. The lowest BCUT2D eigenvalue weighted by Crippen LogP contribution is -2.16. The van der Waals surface area contributed by atoms with Crippen LogP contribution in [-0.2, 0) is 10.0 Å². The van der Waals surface area contributed by atoms with Gasteiger partial charge in [0.2, 0.25) is 0 Å². The van der Waals surface area contributed by atoms with Gasteiger partial charge >= 0.3 is 5.97 Å². The summed E-state index contributed by atoms with van der Waals surface area (Å²) in [5.41, 5.74) is 1.58. The number of carboxylic acids is 1. The molecule has 0 saturated heterocycles. The van der Waals surface area contributed by atoms with E-state index in [0.717, 1.165) is 5.56 Å². The van der Waals surface area contributed by atoms with E-state index in [1.807, 2.05) is 30.3 Å². The second kappa shape index (κ2) is 7.26. The molecule has 0 spiro atoms. The van der Waals surface area contributed by atoms with Gasteiger partial charge in [-0.15, -0.1) is 0 Å². The average molecular weight is 402 g/mol. The van der Waals surface area contributed by atoms with E-state index in [2.05, 4.69) is 22.0 Å². The first-order valence-electron chi connectivity index (χ1n) is 8.59. The largest absolute Gasteiger partial charge is 0.478 e. The molecule has 0 saturated carbocycles. The van der Waals surface area contributed by atoms with Crippen molar-refractivity contribution in [1.82, 2.24) is 4.98 Å². The van der Waals surface area contributed by atoms with Crippen LogP contribution in [0.1, 0.15) is 10.4 Å². The predicted octanol–water partition coefficient (Wildman–Crippen LogP) is 4.00. The van der Waals surface area contributed by atoms with E-state index in [1.54, 1.807) is 24.3 Å². The van der Waals surface area contributed by atoms with Crippen molar-refractivity contribution in [1.29, 1.82) is 0 Å². The molecule has 0 aliphatic rings. The third-order valence-corrected chi connectivity index (χ3v) is 5.78. The number of hydrogen-bond donors (Lipinski definition) is 2. The summed E-state index contributed by atoms with van der Waals surface area (Å²) in [6.07, 6.45) is 2.51. The number of carbonyl (C=O) groups is 1. The van der Waals surface area contributed by atoms with E-state index >= 15 is 0 Å². The van der Waals surface area contributed by atoms with E-state index in [1.165, 1.54) is 18.2 Å². The van der Waals surface area contributed by atoms with Crippen LogP contribution in [0.25, 0.3) is 22.0 Å². The summed E-state index contributed by atoms with van der Waals surface area (Å²) in [7, 11) is -4.10. The molecule has 1 aromatic heterocycles. The molecule has 0 aliphatic carbocycles. The molecule has 2 N–H and O–H groups in total. The van der Waals surface area contributed by atoms with E-state index in [4.69, 9.17) is 0 Å². The normalized spacial score (nSPS) is 11.0. The zero-order valence-corrected chi connectivity index (χ0v) is 15.8. The Bertz CT molecular complexity index is 1310. The number of aromatic nitrogens is 1. The van der Waals surface area contributed by atoms with Crippen LogP contribution in [0.2, 0.25) is 0 Å². The van der Waals surface area contributed by atoms with E-state index in [-0.39, 0.29) is 21.7 Å². The molecule has 0 aliphatic heterocycles. The number of hydrogen-bond acceptors (Lipinski definition) is 4. The third-order valence-electron chi connectivity index (χ3n) is 4.38. The van der Waals surface area contributed by atoms with Gasteiger partial charge in [0.25, 0.3) is 10.0 Å². The number of benzene rings is 3. The highest BCUT2D eigenvalue weighted by Gasteiger charge is 2.22. The lowest BCUT2D eigenvalue weighted by atomic mass is 10.0. The molecule has 6 nitrogen and oxygen atoms in total. The molecule has 0 bridgehead atoms. The maximum absolute atomic E-state index is 13.1. The van der Waals surface area contributed by atoms with Crippen molar-refractivity contribution in [2.24, 2.45) is 0 Å². The molecule has 0 atom stereocenters. The van der Waals surface area contributed by atoms with Gasteiger partial charge in [-0.3, -0.25) is 4.72 Å². The van der Waals surface area contributed by atoms with E-state index in [0.29, 0.717) is 10.9 Å². The molecule has 0 unspecified atom stereocenters. The van der Waals surface area contributed by atoms with Gasteiger partial charge in [-0.1, -0.05) is 48.5 Å². The highest BCUT2D eigenvalue weighted by atomic mass is 32.2. The van der Waals surface area contributed by atoms with Crippen molar-refractivity contribution < 1.29 is 18.3 Å². The summed E-state index contributed by atoms with van der Waals surface area (Å²) in [6.45, 7) is 0. The van der Waals surface area contributed by atoms with Crippen LogP contribution in [-0.4, -0.2) is 24.5 Å². The van der Waals surface area contributed by atoms with Crippen LogP contribution in [0.3, 0.4) is 0 Å². The summed E-state index contributed by atoms with van der Waals surface area (Å²) < 4.78 is 28.6. The van der Waals surface area contributed by atoms with E-state index in [9.17, 15) is 18.3 Å². The Hall–Kier alpha value is -3.89. The standard InChI is InChI=1S/C22H14N2O4S/c25-22(26)18-12-11-17(15-6-2-1-3-7-15)14-19(18)24-29(27,28)20-10-4-8-16-9-5-13-23-21(16)20/h1-4,6-12,14,24H,(H,25,26). The lowest BCUT2D eigenvalue weighted by Gasteiger charge is -2.13. The Morgan fingerprint density at radius 3 is 2.52 bits per heavy atom. The van der Waals surface area contributed by atoms with Crippen LogP contribution >= 0.6 is 0 Å². The minimum atomic E-state index is -4.10. The van der Waals surface area contributed by atoms with Crippen LogP contribution < -0.4 is 4.72 Å². The highest BCUT2D eigenvalue weighted by Crippen LogP contribution is 2.29. The predicted molar refractivity (Wildman–Crippen MR) is 109 cm³/mol. The van der Waals surface area contributed by atoms with Crippen molar-refractivity contribution in [2.75, 3.05) is 4.72 Å². The van der Waals surface area contributed by atoms with Crippen LogP contribution in [0, 0.1) is 12.3 Å². The number of rotatable bonds is 5. The molecular weight excluding hydrogens is 388 g/mol. The number of sulfonamides is 1. The monoisotopic (exact) mass is 402 g/mol. The summed E-state index contributed by atoms with van der Waals surface area (Å²) >= 11 is 0. The fourth-order valence-electron chi connectivity index (χ4n) is 3.02. The summed E-state index contributed by atoms with van der Waals surface area (Å²) in [5, 5.41) is 10.1. The second-order valence-electron chi connectivity index (χ2n) is 6.24. The van der Waals surface area contributed by atoms with Crippen LogP contribution in [0.15, 0.2) is 77.7 Å². The Morgan fingerprint density at radius 2 is 1.76 bits per heavy atom. The van der Waals surface area contributed by atoms with Crippen molar-refractivity contribution in [3.8, 4) is 11.1 Å². The maximum atomic E-state index is 13.1. The Kier molecular flexibility index (Phi) is 4.63. The SMILES string of the molecule is O=C(O)c1ccc(-c2ccccc2)cc1NS(=O)(=O)c1cccc2cc#cnc12. The molecule has 3 aromatic carbocycles. The Balaban J connectivity index is 1.82. The first kappa shape index (κ1) is 18.5. The van der Waals surface area contributed by atoms with Gasteiger partial charge in [-0.05, 0) is 41.5 Å². The summed E-state index contributed by atoms with van der Waals surface area (Å²) in [5.74, 6) is -1.23. The molecular formula is C22H14N2O4S. The molecule has 4 aromatic rings. The second-order valence-corrected chi connectivity index (χ2v) is 7.89. The fraction of sp³-hybridized carbons (Fsp3) is 0. The Morgan fingerprint density at radius 1 is 0.966 bits per heavy atom. The van der Waals surface area contributed by atoms with Gasteiger partial charge < -0.3 is 5.11 Å². The van der Waals surface area contributed by atoms with Crippen molar-refractivity contribution in [2.45, 2.75) is 4.90 Å². The number of nitrogens with one attached hydrogen (secondary N) is 1. The van der Waals surface area contributed by atoms with Gasteiger partial charge in [-0.25, -0.2) is 13.2 Å². The number of anilines is 1.